The molecule has 0 saturated carbocycles. The lowest BCUT2D eigenvalue weighted by molar-refractivity contribution is -0.0123. The molecule has 1 unspecified atom stereocenters. The van der Waals surface area contributed by atoms with E-state index in [4.69, 9.17) is 9.84 Å². The molecule has 68 valence electrons. The molecule has 0 amide bonds. The first-order valence-corrected chi connectivity index (χ1v) is 4.19. The third-order valence-electron chi connectivity index (χ3n) is 1.21. The van der Waals surface area contributed by atoms with E-state index >= 15 is 0 Å². The number of hydrogen-bond acceptors (Lipinski definition) is 3. The third kappa shape index (κ3) is 6.28. The van der Waals surface area contributed by atoms with Crippen LogP contribution in [0.25, 0.3) is 0 Å². The van der Waals surface area contributed by atoms with Gasteiger partial charge < -0.3 is 9.84 Å². The van der Waals surface area contributed by atoms with Crippen molar-refractivity contribution in [2.75, 3.05) is 13.2 Å². The SMILES string of the molecule is CCCOC(CO)NC(C)C. The van der Waals surface area contributed by atoms with Gasteiger partial charge in [-0.1, -0.05) is 6.92 Å². The zero-order chi connectivity index (χ0) is 8.69. The summed E-state index contributed by atoms with van der Waals surface area (Å²) in [5, 5.41) is 11.9. The summed E-state index contributed by atoms with van der Waals surface area (Å²) in [6.45, 7) is 6.84. The minimum Gasteiger partial charge on any atom is -0.392 e. The molecule has 0 heterocycles. The number of ether oxygens (including phenoxy) is 1. The van der Waals surface area contributed by atoms with Gasteiger partial charge in [-0.05, 0) is 20.3 Å². The predicted molar refractivity (Wildman–Crippen MR) is 45.4 cm³/mol. The van der Waals surface area contributed by atoms with E-state index in [0.29, 0.717) is 12.6 Å². The summed E-state index contributed by atoms with van der Waals surface area (Å²) in [5.74, 6) is 0. The lowest BCUT2D eigenvalue weighted by Gasteiger charge is -2.18. The largest absolute Gasteiger partial charge is 0.392 e. The van der Waals surface area contributed by atoms with E-state index in [9.17, 15) is 0 Å². The van der Waals surface area contributed by atoms with Crippen LogP contribution in [0, 0.1) is 0 Å². The quantitative estimate of drug-likeness (QED) is 0.564. The molecular weight excluding hydrogens is 142 g/mol. The average Bonchev–Trinajstić information content (AvgIpc) is 1.97. The molecule has 0 aromatic carbocycles. The maximum absolute atomic E-state index is 8.81. The van der Waals surface area contributed by atoms with Gasteiger partial charge in [0.05, 0.1) is 6.61 Å². The van der Waals surface area contributed by atoms with Crippen LogP contribution in [0.4, 0.5) is 0 Å². The maximum atomic E-state index is 8.81. The van der Waals surface area contributed by atoms with Gasteiger partial charge >= 0.3 is 0 Å². The lowest BCUT2D eigenvalue weighted by Crippen LogP contribution is -2.39. The highest BCUT2D eigenvalue weighted by Crippen LogP contribution is 1.90. The Balaban J connectivity index is 3.41. The Morgan fingerprint density at radius 3 is 2.45 bits per heavy atom. The van der Waals surface area contributed by atoms with Crippen molar-refractivity contribution < 1.29 is 9.84 Å². The van der Waals surface area contributed by atoms with Crippen LogP contribution in [-0.4, -0.2) is 30.6 Å². The van der Waals surface area contributed by atoms with Gasteiger partial charge in [0.2, 0.25) is 0 Å². The zero-order valence-corrected chi connectivity index (χ0v) is 7.63. The summed E-state index contributed by atoms with van der Waals surface area (Å²) >= 11 is 0. The monoisotopic (exact) mass is 161 g/mol. The second kappa shape index (κ2) is 6.58. The Labute approximate surface area is 68.8 Å². The summed E-state index contributed by atoms with van der Waals surface area (Å²) < 4.78 is 5.29. The first-order chi connectivity index (χ1) is 5.20. The van der Waals surface area contributed by atoms with Crippen molar-refractivity contribution in [3.8, 4) is 0 Å². The fraction of sp³-hybridized carbons (Fsp3) is 1.00. The topological polar surface area (TPSA) is 41.5 Å². The molecule has 1 atom stereocenters. The summed E-state index contributed by atoms with van der Waals surface area (Å²) in [7, 11) is 0. The summed E-state index contributed by atoms with van der Waals surface area (Å²) in [4.78, 5) is 0. The fourth-order valence-corrected chi connectivity index (χ4v) is 0.785. The van der Waals surface area contributed by atoms with Crippen molar-refractivity contribution in [1.82, 2.24) is 5.32 Å². The van der Waals surface area contributed by atoms with Crippen molar-refractivity contribution in [2.24, 2.45) is 0 Å². The van der Waals surface area contributed by atoms with Crippen LogP contribution >= 0.6 is 0 Å². The molecular formula is C8H19NO2. The number of hydrogen-bond donors (Lipinski definition) is 2. The van der Waals surface area contributed by atoms with Crippen molar-refractivity contribution in [1.29, 1.82) is 0 Å². The van der Waals surface area contributed by atoms with Gasteiger partial charge in [-0.3, -0.25) is 5.32 Å². The number of rotatable bonds is 6. The molecule has 2 N–H and O–H groups in total. The predicted octanol–water partition coefficient (Wildman–Crippen LogP) is 0.729. The molecule has 0 aliphatic carbocycles. The van der Waals surface area contributed by atoms with Crippen LogP contribution in [0.1, 0.15) is 27.2 Å². The molecule has 0 bridgehead atoms. The molecule has 0 radical (unpaired) electrons. The highest BCUT2D eigenvalue weighted by Gasteiger charge is 2.06. The molecule has 11 heavy (non-hydrogen) atoms. The Morgan fingerprint density at radius 1 is 1.45 bits per heavy atom. The number of nitrogens with one attached hydrogen (secondary N) is 1. The maximum Gasteiger partial charge on any atom is 0.131 e. The molecule has 0 spiro atoms. The van der Waals surface area contributed by atoms with Crippen LogP contribution in [0.3, 0.4) is 0 Å². The van der Waals surface area contributed by atoms with Gasteiger partial charge in [0.1, 0.15) is 6.23 Å². The Kier molecular flexibility index (Phi) is 6.51. The molecule has 3 heteroatoms. The first-order valence-electron chi connectivity index (χ1n) is 4.19. The van der Waals surface area contributed by atoms with Crippen molar-refractivity contribution in [3.63, 3.8) is 0 Å². The van der Waals surface area contributed by atoms with Gasteiger partial charge in [0.25, 0.3) is 0 Å². The van der Waals surface area contributed by atoms with E-state index in [1.54, 1.807) is 0 Å². The van der Waals surface area contributed by atoms with Crippen molar-refractivity contribution in [3.05, 3.63) is 0 Å². The Bertz CT molecular complexity index is 86.2. The molecule has 0 fully saturated rings. The molecule has 0 saturated heterocycles. The van der Waals surface area contributed by atoms with E-state index in [-0.39, 0.29) is 12.8 Å². The van der Waals surface area contributed by atoms with E-state index in [0.717, 1.165) is 6.42 Å². The average molecular weight is 161 g/mol. The Hall–Kier alpha value is -0.120. The molecule has 0 aliphatic heterocycles. The summed E-state index contributed by atoms with van der Waals surface area (Å²) in [5.41, 5.74) is 0. The van der Waals surface area contributed by atoms with Gasteiger partial charge in [-0.2, -0.15) is 0 Å². The normalized spacial score (nSPS) is 13.9. The second-order valence-electron chi connectivity index (χ2n) is 2.86. The first kappa shape index (κ1) is 10.9. The standard InChI is InChI=1S/C8H19NO2/c1-4-5-11-8(6-10)9-7(2)3/h7-10H,4-6H2,1-3H3. The van der Waals surface area contributed by atoms with Gasteiger partial charge in [0.15, 0.2) is 0 Å². The van der Waals surface area contributed by atoms with Crippen molar-refractivity contribution >= 4 is 0 Å². The van der Waals surface area contributed by atoms with Gasteiger partial charge in [0, 0.05) is 12.6 Å². The molecule has 0 aromatic heterocycles. The molecule has 0 aromatic rings. The minimum absolute atomic E-state index is 0.0399. The number of aliphatic hydroxyl groups is 1. The highest BCUT2D eigenvalue weighted by atomic mass is 16.5. The smallest absolute Gasteiger partial charge is 0.131 e. The summed E-state index contributed by atoms with van der Waals surface area (Å²) in [6, 6.07) is 0.351. The van der Waals surface area contributed by atoms with Crippen LogP contribution in [-0.2, 0) is 4.74 Å². The minimum atomic E-state index is -0.199. The second-order valence-corrected chi connectivity index (χ2v) is 2.86. The van der Waals surface area contributed by atoms with Crippen LogP contribution < -0.4 is 5.32 Å². The molecule has 0 aliphatic rings. The van der Waals surface area contributed by atoms with E-state index < -0.39 is 0 Å². The van der Waals surface area contributed by atoms with Gasteiger partial charge in [-0.25, -0.2) is 0 Å². The number of aliphatic hydroxyl groups excluding tert-OH is 1. The van der Waals surface area contributed by atoms with E-state index in [2.05, 4.69) is 5.32 Å². The molecule has 0 rings (SSSR count). The van der Waals surface area contributed by atoms with Gasteiger partial charge in [-0.15, -0.1) is 0 Å². The zero-order valence-electron chi connectivity index (χ0n) is 7.63. The highest BCUT2D eigenvalue weighted by molar-refractivity contribution is 4.57. The van der Waals surface area contributed by atoms with Crippen LogP contribution in [0.15, 0.2) is 0 Å². The molecule has 3 nitrogen and oxygen atoms in total. The fourth-order valence-electron chi connectivity index (χ4n) is 0.785. The Morgan fingerprint density at radius 2 is 2.09 bits per heavy atom. The van der Waals surface area contributed by atoms with Crippen LogP contribution in [0.5, 0.6) is 0 Å². The van der Waals surface area contributed by atoms with E-state index in [1.807, 2.05) is 20.8 Å². The van der Waals surface area contributed by atoms with E-state index in [1.165, 1.54) is 0 Å². The third-order valence-corrected chi connectivity index (χ3v) is 1.21. The van der Waals surface area contributed by atoms with Crippen molar-refractivity contribution in [2.45, 2.75) is 39.5 Å². The van der Waals surface area contributed by atoms with Crippen LogP contribution in [0.2, 0.25) is 0 Å². The lowest BCUT2D eigenvalue weighted by atomic mass is 10.4. The summed E-state index contributed by atoms with van der Waals surface area (Å²) in [6.07, 6.45) is 0.783.